The molecule has 2 atom stereocenters. The van der Waals surface area contributed by atoms with Crippen molar-refractivity contribution < 1.29 is 0 Å². The summed E-state index contributed by atoms with van der Waals surface area (Å²) in [6.07, 6.45) is 8.16. The van der Waals surface area contributed by atoms with Gasteiger partial charge >= 0.3 is 0 Å². The predicted octanol–water partition coefficient (Wildman–Crippen LogP) is 8.00. The molecule has 0 aliphatic carbocycles. The molecule has 43 heavy (non-hydrogen) atoms. The minimum atomic E-state index is -0.248. The standard InChI is InChI=1S/C33H47N5.C3H6.C2H6/c1-6-10-30(28-11-8-7-9-12-28)21-25(2)38-16-15-29-13-14-31(23-32(29)24-38)33(35-27(4)34)22-26(3)37-19-17-36(5)18-20-37;1-3-2;1-2/h7-9,11-14,22-23,27,30H,2,6,10,15-21,24,34H2,1,3-5H3;3H,1H2,2H3;1-2H3/b26-22+,35-33+;;. The van der Waals surface area contributed by atoms with Crippen molar-refractivity contribution in [2.45, 2.75) is 85.9 Å². The number of allylic oxidation sites excluding steroid dienone is 4. The van der Waals surface area contributed by atoms with Gasteiger partial charge in [-0.25, -0.2) is 0 Å². The third kappa shape index (κ3) is 11.5. The van der Waals surface area contributed by atoms with Gasteiger partial charge in [0.2, 0.25) is 0 Å². The highest BCUT2D eigenvalue weighted by Gasteiger charge is 2.22. The summed E-state index contributed by atoms with van der Waals surface area (Å²) in [6.45, 7) is 26.4. The summed E-state index contributed by atoms with van der Waals surface area (Å²) >= 11 is 0. The van der Waals surface area contributed by atoms with E-state index in [0.29, 0.717) is 5.92 Å². The molecule has 2 aliphatic heterocycles. The molecule has 0 amide bonds. The highest BCUT2D eigenvalue weighted by Crippen LogP contribution is 2.31. The quantitative estimate of drug-likeness (QED) is 0.227. The van der Waals surface area contributed by atoms with Crippen LogP contribution in [0.5, 0.6) is 0 Å². The molecule has 1 fully saturated rings. The third-order valence-corrected chi connectivity index (χ3v) is 8.04. The summed E-state index contributed by atoms with van der Waals surface area (Å²) in [6, 6.07) is 17.8. The Balaban J connectivity index is 0.00000121. The Labute approximate surface area is 263 Å². The number of hydrogen-bond acceptors (Lipinski definition) is 5. The molecule has 0 saturated carbocycles. The van der Waals surface area contributed by atoms with Crippen molar-refractivity contribution in [3.63, 3.8) is 0 Å². The summed E-state index contributed by atoms with van der Waals surface area (Å²) < 4.78 is 0. The normalized spacial score (nSPS) is 17.0. The van der Waals surface area contributed by atoms with Crippen molar-refractivity contribution in [1.29, 1.82) is 0 Å². The number of nitrogens with two attached hydrogens (primary N) is 1. The van der Waals surface area contributed by atoms with E-state index < -0.39 is 0 Å². The summed E-state index contributed by atoms with van der Waals surface area (Å²) in [7, 11) is 2.19. The van der Waals surface area contributed by atoms with Crippen LogP contribution in [0.15, 0.2) is 90.2 Å². The average Bonchev–Trinajstić information content (AvgIpc) is 3.02. The zero-order valence-corrected chi connectivity index (χ0v) is 28.3. The lowest BCUT2D eigenvalue weighted by Gasteiger charge is -2.35. The van der Waals surface area contributed by atoms with Gasteiger partial charge in [-0.15, -0.1) is 6.58 Å². The summed E-state index contributed by atoms with van der Waals surface area (Å²) in [5, 5.41) is 0. The first-order valence-electron chi connectivity index (χ1n) is 16.4. The molecule has 0 aromatic heterocycles. The summed E-state index contributed by atoms with van der Waals surface area (Å²) in [5.74, 6) is 0.522. The molecular formula is C38H59N5. The van der Waals surface area contributed by atoms with Crippen molar-refractivity contribution in [2.24, 2.45) is 10.7 Å². The van der Waals surface area contributed by atoms with Crippen LogP contribution in [0.4, 0.5) is 0 Å². The van der Waals surface area contributed by atoms with Crippen molar-refractivity contribution in [3.8, 4) is 0 Å². The third-order valence-electron chi connectivity index (χ3n) is 8.04. The van der Waals surface area contributed by atoms with Gasteiger partial charge in [0.25, 0.3) is 0 Å². The van der Waals surface area contributed by atoms with Crippen LogP contribution in [0.25, 0.3) is 0 Å². The van der Waals surface area contributed by atoms with Crippen LogP contribution in [-0.2, 0) is 13.0 Å². The molecule has 2 heterocycles. The molecule has 2 N–H and O–H groups in total. The molecule has 2 aromatic carbocycles. The van der Waals surface area contributed by atoms with Crippen LogP contribution in [0, 0.1) is 0 Å². The molecule has 0 spiro atoms. The van der Waals surface area contributed by atoms with Crippen molar-refractivity contribution in [3.05, 3.63) is 107 Å². The minimum absolute atomic E-state index is 0.248. The Morgan fingerprint density at radius 3 is 2.26 bits per heavy atom. The smallest absolute Gasteiger partial charge is 0.0948 e. The first kappa shape index (κ1) is 36.0. The lowest BCUT2D eigenvalue weighted by Crippen LogP contribution is -2.43. The molecule has 2 unspecified atom stereocenters. The fourth-order valence-electron chi connectivity index (χ4n) is 5.72. The van der Waals surface area contributed by atoms with Crippen LogP contribution in [0.3, 0.4) is 0 Å². The van der Waals surface area contributed by atoms with E-state index in [9.17, 15) is 0 Å². The maximum Gasteiger partial charge on any atom is 0.0948 e. The number of likely N-dealkylation sites (N-methyl/N-ethyl adjacent to an activating group) is 1. The van der Waals surface area contributed by atoms with E-state index in [4.69, 9.17) is 10.7 Å². The first-order chi connectivity index (χ1) is 20.7. The second-order valence-corrected chi connectivity index (χ2v) is 11.6. The van der Waals surface area contributed by atoms with Gasteiger partial charge < -0.3 is 20.4 Å². The van der Waals surface area contributed by atoms with Crippen LogP contribution >= 0.6 is 0 Å². The van der Waals surface area contributed by atoms with Gasteiger partial charge in [0.15, 0.2) is 0 Å². The number of fused-ring (bicyclic) bond motifs is 1. The van der Waals surface area contributed by atoms with E-state index in [-0.39, 0.29) is 6.17 Å². The lowest BCUT2D eigenvalue weighted by atomic mass is 9.89. The number of nitrogens with zero attached hydrogens (tertiary/aromatic N) is 4. The van der Waals surface area contributed by atoms with Crippen LogP contribution in [0.2, 0.25) is 0 Å². The number of benzene rings is 2. The van der Waals surface area contributed by atoms with Crippen molar-refractivity contribution >= 4 is 5.71 Å². The topological polar surface area (TPSA) is 48.1 Å². The monoisotopic (exact) mass is 585 g/mol. The van der Waals surface area contributed by atoms with E-state index in [1.807, 2.05) is 27.7 Å². The molecule has 0 radical (unpaired) electrons. The molecule has 2 aliphatic rings. The SMILES string of the molecule is C=C(CC(CCC)c1ccccc1)N1CCc2ccc(C(/C=C(\C)N3CCN(C)CC3)=N/C(C)N)cc2C1.C=CC.CC. The molecule has 4 rings (SSSR count). The number of aliphatic imine (C=N–C) groups is 1. The summed E-state index contributed by atoms with van der Waals surface area (Å²) in [5.41, 5.74) is 15.0. The van der Waals surface area contributed by atoms with Gasteiger partial charge in [-0.1, -0.05) is 82.3 Å². The van der Waals surface area contributed by atoms with Crippen LogP contribution < -0.4 is 5.73 Å². The maximum absolute atomic E-state index is 6.16. The molecule has 5 nitrogen and oxygen atoms in total. The zero-order valence-electron chi connectivity index (χ0n) is 28.3. The summed E-state index contributed by atoms with van der Waals surface area (Å²) in [4.78, 5) is 12.2. The van der Waals surface area contributed by atoms with E-state index in [1.54, 1.807) is 6.08 Å². The molecular weight excluding hydrogens is 526 g/mol. The Morgan fingerprint density at radius 2 is 1.65 bits per heavy atom. The second-order valence-electron chi connectivity index (χ2n) is 11.6. The predicted molar refractivity (Wildman–Crippen MR) is 189 cm³/mol. The highest BCUT2D eigenvalue weighted by atomic mass is 15.2. The maximum atomic E-state index is 6.16. The lowest BCUT2D eigenvalue weighted by molar-refractivity contribution is 0.187. The Kier molecular flexibility index (Phi) is 16.1. The van der Waals surface area contributed by atoms with Gasteiger partial charge in [-0.05, 0) is 81.8 Å². The molecule has 0 bridgehead atoms. The van der Waals surface area contributed by atoms with Crippen LogP contribution in [-0.4, -0.2) is 66.3 Å². The largest absolute Gasteiger partial charge is 0.372 e. The fourth-order valence-corrected chi connectivity index (χ4v) is 5.72. The Morgan fingerprint density at radius 1 is 1.00 bits per heavy atom. The number of rotatable bonds is 10. The van der Waals surface area contributed by atoms with Gasteiger partial charge in [0, 0.05) is 56.2 Å². The molecule has 5 heteroatoms. The van der Waals surface area contributed by atoms with Gasteiger partial charge in [-0.3, -0.25) is 4.99 Å². The Bertz CT molecular complexity index is 1170. The van der Waals surface area contributed by atoms with Crippen molar-refractivity contribution in [1.82, 2.24) is 14.7 Å². The van der Waals surface area contributed by atoms with E-state index in [1.165, 1.54) is 40.9 Å². The Hall–Kier alpha value is -3.15. The van der Waals surface area contributed by atoms with Crippen molar-refractivity contribution in [2.75, 3.05) is 39.8 Å². The van der Waals surface area contributed by atoms with E-state index >= 15 is 0 Å². The van der Waals surface area contributed by atoms with E-state index in [0.717, 1.165) is 63.4 Å². The molecule has 1 saturated heterocycles. The van der Waals surface area contributed by atoms with E-state index in [2.05, 4.69) is 103 Å². The first-order valence-corrected chi connectivity index (χ1v) is 16.4. The molecule has 236 valence electrons. The second kappa shape index (κ2) is 19.2. The molecule has 2 aromatic rings. The van der Waals surface area contributed by atoms with Gasteiger partial charge in [0.1, 0.15) is 0 Å². The zero-order chi connectivity index (χ0) is 31.8. The number of piperazine rings is 1. The highest BCUT2D eigenvalue weighted by molar-refractivity contribution is 6.09. The fraction of sp³-hybridized carbons (Fsp3) is 0.500. The van der Waals surface area contributed by atoms with Crippen LogP contribution in [0.1, 0.15) is 89.0 Å². The van der Waals surface area contributed by atoms with Gasteiger partial charge in [0.05, 0.1) is 11.9 Å². The minimum Gasteiger partial charge on any atom is -0.372 e. The average molecular weight is 586 g/mol. The van der Waals surface area contributed by atoms with Gasteiger partial charge in [-0.2, -0.15) is 0 Å². The number of hydrogen-bond donors (Lipinski definition) is 1.